The third-order valence-electron chi connectivity index (χ3n) is 3.09. The number of hydrogen-bond acceptors (Lipinski definition) is 4. The predicted molar refractivity (Wildman–Crippen MR) is 54.5 cm³/mol. The standard InChI is InChI=1S/C11H15F3O4/c1-4-10(2,3)9(16)18-7-6(11(12,13)14)5-17-8(7)15/h6-7H,4-5H2,1-3H3. The van der Waals surface area contributed by atoms with Crippen molar-refractivity contribution in [3.8, 4) is 0 Å². The highest BCUT2D eigenvalue weighted by Crippen LogP contribution is 2.36. The first-order valence-electron chi connectivity index (χ1n) is 5.54. The van der Waals surface area contributed by atoms with Crippen molar-refractivity contribution >= 4 is 11.9 Å². The largest absolute Gasteiger partial charge is 0.462 e. The highest BCUT2D eigenvalue weighted by atomic mass is 19.4. The summed E-state index contributed by atoms with van der Waals surface area (Å²) in [5, 5.41) is 0. The van der Waals surface area contributed by atoms with Crippen LogP contribution < -0.4 is 0 Å². The minimum Gasteiger partial charge on any atom is -0.462 e. The molecule has 0 aromatic carbocycles. The number of cyclic esters (lactones) is 1. The fraction of sp³-hybridized carbons (Fsp3) is 0.818. The highest BCUT2D eigenvalue weighted by molar-refractivity contribution is 5.83. The number of carbonyl (C=O) groups excluding carboxylic acids is 2. The van der Waals surface area contributed by atoms with Crippen molar-refractivity contribution in [2.24, 2.45) is 11.3 Å². The van der Waals surface area contributed by atoms with Crippen molar-refractivity contribution in [3.05, 3.63) is 0 Å². The van der Waals surface area contributed by atoms with Crippen LogP contribution in [0.3, 0.4) is 0 Å². The molecule has 1 saturated heterocycles. The molecule has 0 saturated carbocycles. The first kappa shape index (κ1) is 14.8. The van der Waals surface area contributed by atoms with E-state index in [2.05, 4.69) is 9.47 Å². The van der Waals surface area contributed by atoms with Crippen LogP contribution in [0.2, 0.25) is 0 Å². The second-order valence-electron chi connectivity index (χ2n) is 4.84. The Morgan fingerprint density at radius 1 is 1.44 bits per heavy atom. The zero-order valence-corrected chi connectivity index (χ0v) is 10.3. The van der Waals surface area contributed by atoms with Gasteiger partial charge in [-0.2, -0.15) is 13.2 Å². The van der Waals surface area contributed by atoms with Gasteiger partial charge < -0.3 is 9.47 Å². The van der Waals surface area contributed by atoms with Crippen LogP contribution in [0.15, 0.2) is 0 Å². The van der Waals surface area contributed by atoms with Gasteiger partial charge in [-0.05, 0) is 20.3 Å². The average Bonchev–Trinajstić information content (AvgIpc) is 2.60. The van der Waals surface area contributed by atoms with Gasteiger partial charge in [0.2, 0.25) is 6.10 Å². The van der Waals surface area contributed by atoms with Crippen LogP contribution in [0, 0.1) is 11.3 Å². The van der Waals surface area contributed by atoms with Gasteiger partial charge in [0.1, 0.15) is 12.5 Å². The number of rotatable bonds is 3. The number of esters is 2. The Labute approximate surface area is 102 Å². The number of carbonyl (C=O) groups is 2. The Morgan fingerprint density at radius 3 is 2.44 bits per heavy atom. The third-order valence-corrected chi connectivity index (χ3v) is 3.09. The van der Waals surface area contributed by atoms with Gasteiger partial charge in [-0.3, -0.25) is 4.79 Å². The molecule has 1 aliphatic rings. The molecule has 0 amide bonds. The van der Waals surface area contributed by atoms with Crippen molar-refractivity contribution < 1.29 is 32.2 Å². The van der Waals surface area contributed by atoms with Crippen LogP contribution in [0.25, 0.3) is 0 Å². The Morgan fingerprint density at radius 2 is 2.00 bits per heavy atom. The van der Waals surface area contributed by atoms with E-state index in [0.717, 1.165) is 0 Å². The smallest absolute Gasteiger partial charge is 0.399 e. The lowest BCUT2D eigenvalue weighted by molar-refractivity contribution is -0.202. The van der Waals surface area contributed by atoms with Crippen molar-refractivity contribution in [1.82, 2.24) is 0 Å². The third kappa shape index (κ3) is 2.94. The van der Waals surface area contributed by atoms with E-state index in [9.17, 15) is 22.8 Å². The molecule has 1 rings (SSSR count). The summed E-state index contributed by atoms with van der Waals surface area (Å²) in [5.41, 5.74) is -0.932. The molecule has 0 aliphatic carbocycles. The van der Waals surface area contributed by atoms with Crippen LogP contribution >= 0.6 is 0 Å². The van der Waals surface area contributed by atoms with Crippen molar-refractivity contribution in [2.45, 2.75) is 39.5 Å². The summed E-state index contributed by atoms with van der Waals surface area (Å²) >= 11 is 0. The summed E-state index contributed by atoms with van der Waals surface area (Å²) in [4.78, 5) is 22.9. The minimum atomic E-state index is -4.63. The molecule has 4 nitrogen and oxygen atoms in total. The Kier molecular flexibility index (Phi) is 3.92. The van der Waals surface area contributed by atoms with Crippen LogP contribution in [0.4, 0.5) is 13.2 Å². The first-order valence-corrected chi connectivity index (χ1v) is 5.54. The number of ether oxygens (including phenoxy) is 2. The molecule has 0 radical (unpaired) electrons. The molecule has 7 heteroatoms. The van der Waals surface area contributed by atoms with E-state index in [0.29, 0.717) is 6.42 Å². The molecule has 1 aliphatic heterocycles. The predicted octanol–water partition coefficient (Wildman–Crippen LogP) is 2.07. The van der Waals surface area contributed by atoms with E-state index in [1.54, 1.807) is 6.92 Å². The first-order chi connectivity index (χ1) is 8.09. The van der Waals surface area contributed by atoms with Gasteiger partial charge in [-0.15, -0.1) is 0 Å². The number of alkyl halides is 3. The van der Waals surface area contributed by atoms with Gasteiger partial charge in [-0.25, -0.2) is 4.79 Å². The van der Waals surface area contributed by atoms with Crippen LogP contribution in [0.5, 0.6) is 0 Å². The fourth-order valence-electron chi connectivity index (χ4n) is 1.32. The molecular formula is C11H15F3O4. The van der Waals surface area contributed by atoms with Gasteiger partial charge in [0.05, 0.1) is 5.41 Å². The highest BCUT2D eigenvalue weighted by Gasteiger charge is 2.55. The maximum atomic E-state index is 12.6. The molecule has 1 fully saturated rings. The monoisotopic (exact) mass is 268 g/mol. The summed E-state index contributed by atoms with van der Waals surface area (Å²) in [6.07, 6.45) is -6.12. The normalized spacial score (nSPS) is 24.9. The van der Waals surface area contributed by atoms with Crippen LogP contribution in [-0.2, 0) is 19.1 Å². The lowest BCUT2D eigenvalue weighted by Gasteiger charge is -2.24. The van der Waals surface area contributed by atoms with Crippen LogP contribution in [0.1, 0.15) is 27.2 Å². The van der Waals surface area contributed by atoms with E-state index in [1.807, 2.05) is 0 Å². The number of halogens is 3. The SMILES string of the molecule is CCC(C)(C)C(=O)OC1C(=O)OCC1C(F)(F)F. The molecule has 104 valence electrons. The number of hydrogen-bond donors (Lipinski definition) is 0. The van der Waals surface area contributed by atoms with Crippen molar-refractivity contribution in [1.29, 1.82) is 0 Å². The minimum absolute atomic E-state index is 0.393. The maximum Gasteiger partial charge on any atom is 0.399 e. The van der Waals surface area contributed by atoms with E-state index < -0.39 is 42.2 Å². The van der Waals surface area contributed by atoms with Gasteiger partial charge in [0.25, 0.3) is 0 Å². The summed E-state index contributed by atoms with van der Waals surface area (Å²) in [7, 11) is 0. The van der Waals surface area contributed by atoms with Gasteiger partial charge in [0, 0.05) is 0 Å². The molecule has 18 heavy (non-hydrogen) atoms. The van der Waals surface area contributed by atoms with E-state index in [-0.39, 0.29) is 0 Å². The van der Waals surface area contributed by atoms with E-state index in [4.69, 9.17) is 0 Å². The fourth-order valence-corrected chi connectivity index (χ4v) is 1.32. The molecule has 1 heterocycles. The second kappa shape index (κ2) is 4.78. The summed E-state index contributed by atoms with van der Waals surface area (Å²) in [5.74, 6) is -4.05. The second-order valence-corrected chi connectivity index (χ2v) is 4.84. The van der Waals surface area contributed by atoms with E-state index >= 15 is 0 Å². The van der Waals surface area contributed by atoms with E-state index in [1.165, 1.54) is 13.8 Å². The summed E-state index contributed by atoms with van der Waals surface area (Å²) in [6, 6.07) is 0. The van der Waals surface area contributed by atoms with Gasteiger partial charge in [0.15, 0.2) is 0 Å². The van der Waals surface area contributed by atoms with Crippen LogP contribution in [-0.4, -0.2) is 30.8 Å². The van der Waals surface area contributed by atoms with Crippen molar-refractivity contribution in [2.75, 3.05) is 6.61 Å². The average molecular weight is 268 g/mol. The molecule has 0 aromatic rings. The molecule has 0 N–H and O–H groups in total. The Balaban J connectivity index is 2.81. The zero-order chi connectivity index (χ0) is 14.1. The Bertz CT molecular complexity index is 349. The van der Waals surface area contributed by atoms with Gasteiger partial charge in [-0.1, -0.05) is 6.92 Å². The molecule has 2 unspecified atom stereocenters. The molecule has 0 aromatic heterocycles. The Hall–Kier alpha value is -1.27. The summed E-state index contributed by atoms with van der Waals surface area (Å²) in [6.45, 7) is 3.98. The molecule has 0 bridgehead atoms. The zero-order valence-electron chi connectivity index (χ0n) is 10.3. The van der Waals surface area contributed by atoms with Gasteiger partial charge >= 0.3 is 18.1 Å². The lowest BCUT2D eigenvalue weighted by atomic mass is 9.90. The topological polar surface area (TPSA) is 52.6 Å². The summed E-state index contributed by atoms with van der Waals surface area (Å²) < 4.78 is 46.8. The quantitative estimate of drug-likeness (QED) is 0.735. The maximum absolute atomic E-state index is 12.6. The molecular weight excluding hydrogens is 253 g/mol. The molecule has 2 atom stereocenters. The molecule has 0 spiro atoms. The van der Waals surface area contributed by atoms with Crippen molar-refractivity contribution in [3.63, 3.8) is 0 Å². The lowest BCUT2D eigenvalue weighted by Crippen LogP contribution is -2.40.